The maximum Gasteiger partial charge on any atom is 0.251 e. The number of hydrogen-bond acceptors (Lipinski definition) is 2. The molecule has 0 radical (unpaired) electrons. The molecule has 1 N–H and O–H groups in total. The van der Waals surface area contributed by atoms with E-state index in [1.54, 1.807) is 12.1 Å². The first-order valence-electron chi connectivity index (χ1n) is 8.50. The topological polar surface area (TPSA) is 34.0 Å². The summed E-state index contributed by atoms with van der Waals surface area (Å²) in [4.78, 5) is 12.1. The van der Waals surface area contributed by atoms with Gasteiger partial charge in [-0.15, -0.1) is 19.0 Å². The van der Waals surface area contributed by atoms with Crippen molar-refractivity contribution in [3.05, 3.63) is 81.3 Å². The molecule has 0 saturated heterocycles. The highest BCUT2D eigenvalue weighted by Gasteiger charge is 2.22. The maximum atomic E-state index is 12.1. The summed E-state index contributed by atoms with van der Waals surface area (Å²) in [7, 11) is 0. The molecule has 0 amide bonds. The molecule has 1 aliphatic carbocycles. The van der Waals surface area contributed by atoms with E-state index in [1.165, 1.54) is 11.1 Å². The van der Waals surface area contributed by atoms with Crippen LogP contribution in [-0.4, -0.2) is 11.1 Å². The molecule has 134 valence electrons. The molecule has 0 fully saturated rings. The van der Waals surface area contributed by atoms with Crippen molar-refractivity contribution in [3.63, 3.8) is 0 Å². The summed E-state index contributed by atoms with van der Waals surface area (Å²) < 4.78 is 1.86. The Morgan fingerprint density at radius 3 is 2.72 bits per heavy atom. The molecule has 0 aliphatic heterocycles. The number of nitrogens with one attached hydrogen (secondary N) is 1. The second-order valence-corrected chi connectivity index (χ2v) is 6.68. The molecule has 1 aromatic heterocycles. The Morgan fingerprint density at radius 2 is 2.00 bits per heavy atom. The third-order valence-electron chi connectivity index (χ3n) is 4.64. The van der Waals surface area contributed by atoms with Gasteiger partial charge in [-0.3, -0.25) is 4.79 Å². The summed E-state index contributed by atoms with van der Waals surface area (Å²) in [5, 5.41) is 4.43. The quantitative estimate of drug-likeness (QED) is 0.759. The van der Waals surface area contributed by atoms with E-state index in [1.807, 2.05) is 22.8 Å². The molecule has 2 aromatic rings. The van der Waals surface area contributed by atoms with Crippen molar-refractivity contribution in [1.29, 1.82) is 0 Å². The monoisotopic (exact) mass is 378 g/mol. The highest BCUT2D eigenvalue weighted by Crippen LogP contribution is 2.28. The summed E-state index contributed by atoms with van der Waals surface area (Å²) >= 11 is 5.93. The van der Waals surface area contributed by atoms with Crippen LogP contribution in [0.15, 0.2) is 53.8 Å². The fourth-order valence-electron chi connectivity index (χ4n) is 3.44. The first kappa shape index (κ1) is 19.8. The molecule has 3 nitrogen and oxygen atoms in total. The van der Waals surface area contributed by atoms with Gasteiger partial charge in [0.2, 0.25) is 0 Å². The van der Waals surface area contributed by atoms with Gasteiger partial charge in [-0.2, -0.15) is 0 Å². The summed E-state index contributed by atoms with van der Waals surface area (Å²) in [5.74, 6) is 0. The van der Waals surface area contributed by atoms with Crippen LogP contribution in [0.1, 0.15) is 35.7 Å². The van der Waals surface area contributed by atoms with E-state index in [9.17, 15) is 4.79 Å². The lowest BCUT2D eigenvalue weighted by Crippen LogP contribution is -2.32. The summed E-state index contributed by atoms with van der Waals surface area (Å²) in [6.07, 6.45) is 5.94. The molecule has 1 aliphatic rings. The van der Waals surface area contributed by atoms with Crippen LogP contribution in [0, 0.1) is 0 Å². The minimum absolute atomic E-state index is 0. The van der Waals surface area contributed by atoms with Crippen molar-refractivity contribution >= 4 is 24.0 Å². The highest BCUT2D eigenvalue weighted by molar-refractivity contribution is 6.30. The Morgan fingerprint density at radius 1 is 1.24 bits per heavy atom. The minimum Gasteiger partial charge on any atom is -0.310 e. The molecule has 0 saturated carbocycles. The zero-order valence-electron chi connectivity index (χ0n) is 14.2. The predicted octanol–water partition coefficient (Wildman–Crippen LogP) is 4.32. The van der Waals surface area contributed by atoms with E-state index in [0.717, 1.165) is 42.9 Å². The van der Waals surface area contributed by atoms with E-state index < -0.39 is 0 Å². The van der Waals surface area contributed by atoms with Crippen molar-refractivity contribution in [2.24, 2.45) is 0 Å². The summed E-state index contributed by atoms with van der Waals surface area (Å²) in [6, 6.07) is 12.0. The largest absolute Gasteiger partial charge is 0.310 e. The van der Waals surface area contributed by atoms with Gasteiger partial charge in [0, 0.05) is 29.4 Å². The third-order valence-corrected chi connectivity index (χ3v) is 4.89. The van der Waals surface area contributed by atoms with Crippen molar-refractivity contribution in [1.82, 2.24) is 9.88 Å². The van der Waals surface area contributed by atoms with Crippen LogP contribution in [0.5, 0.6) is 0 Å². The lowest BCUT2D eigenvalue weighted by Gasteiger charge is -2.28. The maximum absolute atomic E-state index is 12.1. The molecule has 1 aromatic carbocycles. The number of halogens is 2. The van der Waals surface area contributed by atoms with Crippen LogP contribution in [0.3, 0.4) is 0 Å². The lowest BCUT2D eigenvalue weighted by molar-refractivity contribution is 0.446. The SMILES string of the molecule is C=CCn1c2c(ccc1=O)C(NCCc1ccc(Cl)cc1)CCC2.Cl. The average molecular weight is 379 g/mol. The van der Waals surface area contributed by atoms with Crippen molar-refractivity contribution in [3.8, 4) is 0 Å². The van der Waals surface area contributed by atoms with Gasteiger partial charge in [0.05, 0.1) is 0 Å². The molecule has 0 bridgehead atoms. The molecule has 5 heteroatoms. The lowest BCUT2D eigenvalue weighted by atomic mass is 9.90. The zero-order valence-corrected chi connectivity index (χ0v) is 15.8. The number of pyridine rings is 1. The van der Waals surface area contributed by atoms with E-state index in [0.29, 0.717) is 12.6 Å². The Balaban J connectivity index is 0.00000225. The molecule has 1 atom stereocenters. The summed E-state index contributed by atoms with van der Waals surface area (Å²) in [6.45, 7) is 5.26. The van der Waals surface area contributed by atoms with Gasteiger partial charge in [0.1, 0.15) is 0 Å². The van der Waals surface area contributed by atoms with Crippen LogP contribution < -0.4 is 10.9 Å². The molecule has 25 heavy (non-hydrogen) atoms. The van der Waals surface area contributed by atoms with Crippen molar-refractivity contribution < 1.29 is 0 Å². The van der Waals surface area contributed by atoms with Crippen molar-refractivity contribution in [2.75, 3.05) is 6.54 Å². The van der Waals surface area contributed by atoms with E-state index in [2.05, 4.69) is 24.0 Å². The van der Waals surface area contributed by atoms with Gasteiger partial charge in [0.25, 0.3) is 5.56 Å². The predicted molar refractivity (Wildman–Crippen MR) is 107 cm³/mol. The number of allylic oxidation sites excluding steroid dienone is 1. The van der Waals surface area contributed by atoms with E-state index >= 15 is 0 Å². The normalized spacial score (nSPS) is 16.0. The second-order valence-electron chi connectivity index (χ2n) is 6.25. The molecular formula is C20H24Cl2N2O. The van der Waals surface area contributed by atoms with Crippen LogP contribution in [0.25, 0.3) is 0 Å². The van der Waals surface area contributed by atoms with E-state index in [4.69, 9.17) is 11.6 Å². The number of rotatable bonds is 6. The summed E-state index contributed by atoms with van der Waals surface area (Å²) in [5.41, 5.74) is 3.77. The first-order valence-corrected chi connectivity index (χ1v) is 8.88. The number of fused-ring (bicyclic) bond motifs is 1. The fourth-order valence-corrected chi connectivity index (χ4v) is 3.57. The van der Waals surface area contributed by atoms with Gasteiger partial charge >= 0.3 is 0 Å². The molecule has 3 rings (SSSR count). The van der Waals surface area contributed by atoms with Gasteiger partial charge in [0.15, 0.2) is 0 Å². The zero-order chi connectivity index (χ0) is 16.9. The van der Waals surface area contributed by atoms with Crippen LogP contribution in [-0.2, 0) is 19.4 Å². The molecular weight excluding hydrogens is 355 g/mol. The van der Waals surface area contributed by atoms with E-state index in [-0.39, 0.29) is 18.0 Å². The smallest absolute Gasteiger partial charge is 0.251 e. The Bertz CT molecular complexity index is 768. The van der Waals surface area contributed by atoms with Crippen LogP contribution in [0.2, 0.25) is 5.02 Å². The standard InChI is InChI=1S/C20H23ClN2O.ClH/c1-2-14-23-19-5-3-4-18(17(19)10-11-20(23)24)22-13-12-15-6-8-16(21)9-7-15;/h2,6-11,18,22H,1,3-5,12-14H2;1H. The third kappa shape index (κ3) is 4.75. The fraction of sp³-hybridized carbons (Fsp3) is 0.350. The van der Waals surface area contributed by atoms with Gasteiger partial charge in [-0.1, -0.05) is 35.9 Å². The Labute approximate surface area is 160 Å². The molecule has 1 unspecified atom stereocenters. The highest BCUT2D eigenvalue weighted by atomic mass is 35.5. The second kappa shape index (κ2) is 9.23. The van der Waals surface area contributed by atoms with Gasteiger partial charge in [-0.25, -0.2) is 0 Å². The Kier molecular flexibility index (Phi) is 7.30. The number of benzene rings is 1. The number of nitrogens with zero attached hydrogens (tertiary/aromatic N) is 1. The Hall–Kier alpha value is -1.55. The van der Waals surface area contributed by atoms with Crippen molar-refractivity contribution in [2.45, 2.75) is 38.3 Å². The number of aromatic nitrogens is 1. The minimum atomic E-state index is 0. The molecule has 0 spiro atoms. The van der Waals surface area contributed by atoms with Crippen LogP contribution in [0.4, 0.5) is 0 Å². The van der Waals surface area contributed by atoms with Gasteiger partial charge < -0.3 is 9.88 Å². The van der Waals surface area contributed by atoms with Crippen LogP contribution >= 0.6 is 24.0 Å². The van der Waals surface area contributed by atoms with Gasteiger partial charge in [-0.05, 0) is 55.5 Å². The number of hydrogen-bond donors (Lipinski definition) is 1. The molecule has 1 heterocycles. The average Bonchev–Trinajstić information content (AvgIpc) is 2.59. The first-order chi connectivity index (χ1) is 11.7.